The van der Waals surface area contributed by atoms with Crippen LogP contribution in [0.5, 0.6) is 28.7 Å². The van der Waals surface area contributed by atoms with Crippen molar-refractivity contribution in [3.05, 3.63) is 123 Å². The lowest BCUT2D eigenvalue weighted by Crippen LogP contribution is -2.78. The van der Waals surface area contributed by atoms with Crippen LogP contribution in [-0.2, 0) is 57.6 Å². The molecule has 6 aliphatic heterocycles. The smallest absolute Gasteiger partial charge is 0.174 e. The first-order valence-electron chi connectivity index (χ1n) is 43.2. The van der Waals surface area contributed by atoms with Crippen LogP contribution in [-0.4, -0.2) is 148 Å². The number of hydrogen-bond acceptors (Lipinski definition) is 12. The molecule has 0 aromatic heterocycles. The van der Waals surface area contributed by atoms with E-state index in [1.807, 2.05) is 26.8 Å². The summed E-state index contributed by atoms with van der Waals surface area (Å²) < 4.78 is 31.8. The summed E-state index contributed by atoms with van der Waals surface area (Å²) >= 11 is 0. The van der Waals surface area contributed by atoms with Crippen LogP contribution in [0, 0.1) is 11.8 Å². The van der Waals surface area contributed by atoms with Gasteiger partial charge in [0.2, 0.25) is 0 Å². The van der Waals surface area contributed by atoms with Gasteiger partial charge in [-0.25, -0.2) is 0 Å². The molecule has 8 bridgehead atoms. The fraction of sp³-hybridized carbons (Fsp3) is 0.722. The molecule has 2 N–H and O–H groups in total. The van der Waals surface area contributed by atoms with Gasteiger partial charge in [0.25, 0.3) is 0 Å². The van der Waals surface area contributed by atoms with E-state index in [-0.39, 0.29) is 68.3 Å². The molecule has 14 aliphatic rings. The van der Waals surface area contributed by atoms with Crippen LogP contribution in [0.2, 0.25) is 0 Å². The molecule has 4 saturated carbocycles. The van der Waals surface area contributed by atoms with Crippen LogP contribution >= 0.6 is 0 Å². The molecule has 8 unspecified atom stereocenters. The zero-order valence-electron chi connectivity index (χ0n) is 72.2. The lowest BCUT2D eigenvalue weighted by atomic mass is 9.48. The SMILES string of the molecule is C=C1CC[C@@]2(O)C3Cc4ccc(OC(C)(C)C)c5c4[C@@]2(CCN3C(C)(C)C)C1O5.CC(C)(C)Oc1ccc2c(c1)C13CCCCC1[C@H](C2)N(C(C)(C)C)CC3.CC(C)(C)Oc1ccc2c3c1OC1C(=O)CC[C@@]4(O)C(C2)N(C(C)(C)C)CC[C@]314.CC(C)(C)c1ccc2c(c1)C13CCCCC1[C@H](C2)N(C(C)(C)C)CC3. The molecule has 4 aromatic carbocycles. The first kappa shape index (κ1) is 79.3. The molecule has 2 spiro atoms. The van der Waals surface area contributed by atoms with Gasteiger partial charge in [-0.2, -0.15) is 0 Å². The molecule has 8 aliphatic carbocycles. The summed E-state index contributed by atoms with van der Waals surface area (Å²) in [6, 6.07) is 24.5. The molecule has 18 rings (SSSR count). The predicted octanol–water partition coefficient (Wildman–Crippen LogP) is 19.3. The van der Waals surface area contributed by atoms with E-state index in [9.17, 15) is 15.0 Å². The number of likely N-dealkylation sites (tertiary alicyclic amines) is 4. The maximum absolute atomic E-state index is 13.0. The molecule has 0 radical (unpaired) electrons. The van der Waals surface area contributed by atoms with Crippen molar-refractivity contribution in [2.45, 2.75) is 408 Å². The average molecular weight is 1490 g/mol. The van der Waals surface area contributed by atoms with Gasteiger partial charge >= 0.3 is 0 Å². The second kappa shape index (κ2) is 26.3. The summed E-state index contributed by atoms with van der Waals surface area (Å²) in [7, 11) is 0. The Morgan fingerprint density at radius 2 is 0.835 bits per heavy atom. The zero-order valence-corrected chi connectivity index (χ0v) is 72.2. The van der Waals surface area contributed by atoms with E-state index in [1.54, 1.807) is 22.3 Å². The van der Waals surface area contributed by atoms with Crippen LogP contribution in [0.4, 0.5) is 0 Å². The largest absolute Gasteiger partial charge is 0.488 e. The molecular formula is C97H142N4O8. The van der Waals surface area contributed by atoms with E-state index in [0.29, 0.717) is 41.2 Å². The number of benzene rings is 4. The number of nitrogens with zero attached hydrogens (tertiary/aromatic N) is 4. The monoisotopic (exact) mass is 1490 g/mol. The molecule has 6 heterocycles. The van der Waals surface area contributed by atoms with Gasteiger partial charge in [0, 0.05) is 87.8 Å². The van der Waals surface area contributed by atoms with Crippen molar-refractivity contribution in [3.63, 3.8) is 0 Å². The Kier molecular flexibility index (Phi) is 19.1. The minimum atomic E-state index is -0.963. The van der Waals surface area contributed by atoms with E-state index in [4.69, 9.17) is 23.7 Å². The second-order valence-corrected chi connectivity index (χ2v) is 44.8. The number of fused-ring (bicyclic) bond motifs is 2. The molecule has 4 aromatic rings. The van der Waals surface area contributed by atoms with Gasteiger partial charge in [0.15, 0.2) is 34.9 Å². The van der Waals surface area contributed by atoms with Gasteiger partial charge in [-0.3, -0.25) is 24.4 Å². The summed E-state index contributed by atoms with van der Waals surface area (Å²) in [6.07, 6.45) is 21.4. The summed E-state index contributed by atoms with van der Waals surface area (Å²) in [4.78, 5) is 23.7. The van der Waals surface area contributed by atoms with Crippen molar-refractivity contribution in [2.24, 2.45) is 11.8 Å². The fourth-order valence-corrected chi connectivity index (χ4v) is 25.7. The Balaban J connectivity index is 0.000000116. The number of hydrogen-bond donors (Lipinski definition) is 2. The van der Waals surface area contributed by atoms with Crippen molar-refractivity contribution in [1.29, 1.82) is 0 Å². The van der Waals surface area contributed by atoms with Crippen LogP contribution in [0.3, 0.4) is 0 Å². The van der Waals surface area contributed by atoms with Gasteiger partial charge in [-0.15, -0.1) is 0 Å². The lowest BCUT2D eigenvalue weighted by Gasteiger charge is -2.65. The lowest BCUT2D eigenvalue weighted by molar-refractivity contribution is -0.199. The third-order valence-electron chi connectivity index (χ3n) is 29.9. The first-order chi connectivity index (χ1) is 50.5. The van der Waals surface area contributed by atoms with Gasteiger partial charge in [0.1, 0.15) is 28.7 Å². The van der Waals surface area contributed by atoms with Crippen molar-refractivity contribution in [1.82, 2.24) is 19.6 Å². The third-order valence-corrected chi connectivity index (χ3v) is 29.9. The quantitative estimate of drug-likeness (QED) is 0.190. The standard InChI is InChI=1S/C25H35NO3.C24H33NO4.C24H37NO.C24H37N/c1-15-10-11-25(27)18-14-16-8-9-17(29-23(5,6)7)20-19(16)24(25,21(15)28-20)12-13-26(18)22(2,3)4;1-21(2,3)25-12-11-23-18-14-7-8-16(29-22(4,5)6)19(18)28-20(23)15(26)9-10-24(23,27)17(25)13-14;1-22(2,3)25-14-13-24-12-8-7-9-19(24)21(25)15-17-10-11-18(16-20(17)24)26-23(4,5)6;1-22(2,3)18-11-10-17-15-21-19-9-7-8-12-24(19,20(17)16-18)13-14-25(21)23(4,5)6/h8-9,18,21,27H,1,10-14H2,2-7H3;7-8,17,20,27H,9-13H2,1-6H3;10-11,16,19,21H,7-9,12-15H2,1-6H3;10-11,16,19,21H,7-9,12-15H2,1-6H3/t18?,21?,24-,25+;17?,20?,23-,24+;2*19?,21-,24?/m0000/s1. The van der Waals surface area contributed by atoms with Crippen LogP contribution in [0.15, 0.2) is 72.8 Å². The maximum Gasteiger partial charge on any atom is 0.174 e. The third kappa shape index (κ3) is 12.9. The molecule has 12 heteroatoms. The maximum atomic E-state index is 13.0. The van der Waals surface area contributed by atoms with Gasteiger partial charge < -0.3 is 33.9 Å². The fourth-order valence-electron chi connectivity index (χ4n) is 25.7. The molecule has 4 saturated heterocycles. The van der Waals surface area contributed by atoms with Crippen LogP contribution in [0.25, 0.3) is 0 Å². The van der Waals surface area contributed by atoms with E-state index in [1.165, 1.54) is 112 Å². The number of ketones is 1. The molecule has 0 amide bonds. The Hall–Kier alpha value is -4.95. The topological polar surface area (TPSA) is 117 Å². The molecule has 8 fully saturated rings. The molecule has 14 atom stereocenters. The number of carbonyl (C=O) groups excluding carboxylic acids is 1. The van der Waals surface area contributed by atoms with Gasteiger partial charge in [-0.1, -0.05) is 89.4 Å². The van der Waals surface area contributed by atoms with Crippen molar-refractivity contribution in [2.75, 3.05) is 26.2 Å². The average Bonchev–Trinajstić information content (AvgIpc) is 1.52. The van der Waals surface area contributed by atoms with E-state index < -0.39 is 28.1 Å². The molecule has 12 nitrogen and oxygen atoms in total. The highest BCUT2D eigenvalue weighted by atomic mass is 16.6. The summed E-state index contributed by atoms with van der Waals surface area (Å²) in [6.45, 7) is 62.4. The van der Waals surface area contributed by atoms with Crippen molar-refractivity contribution < 1.29 is 38.7 Å². The highest BCUT2D eigenvalue weighted by molar-refractivity contribution is 5.90. The summed E-state index contributed by atoms with van der Waals surface area (Å²) in [5.74, 6) is 5.90. The molecule has 109 heavy (non-hydrogen) atoms. The normalized spacial score (nSPS) is 34.3. The molecular weight excluding hydrogens is 1350 g/mol. The van der Waals surface area contributed by atoms with Crippen LogP contribution in [0.1, 0.15) is 319 Å². The summed E-state index contributed by atoms with van der Waals surface area (Å²) in [5, 5.41) is 24.7. The Morgan fingerprint density at radius 3 is 1.28 bits per heavy atom. The first-order valence-corrected chi connectivity index (χ1v) is 43.2. The number of carbonyl (C=O) groups is 1. The Labute approximate surface area is 658 Å². The van der Waals surface area contributed by atoms with E-state index >= 15 is 0 Å². The Morgan fingerprint density at radius 1 is 0.431 bits per heavy atom. The molecule has 598 valence electrons. The number of rotatable bonds is 3. The van der Waals surface area contributed by atoms with Crippen LogP contribution < -0.4 is 23.7 Å². The van der Waals surface area contributed by atoms with Gasteiger partial charge in [0.05, 0.1) is 22.0 Å². The number of Topliss-reactive ketones (excluding diaryl/α,β-unsaturated/α-hetero) is 1. The van der Waals surface area contributed by atoms with Crippen molar-refractivity contribution in [3.8, 4) is 28.7 Å². The number of ether oxygens (including phenoxy) is 5. The highest BCUT2D eigenvalue weighted by Gasteiger charge is 2.75. The minimum Gasteiger partial charge on any atom is -0.488 e. The van der Waals surface area contributed by atoms with E-state index in [2.05, 4.69) is 226 Å². The number of piperidine rings is 4. The summed E-state index contributed by atoms with van der Waals surface area (Å²) in [5.41, 5.74) is 12.0. The predicted molar refractivity (Wildman–Crippen MR) is 442 cm³/mol. The van der Waals surface area contributed by atoms with Crippen molar-refractivity contribution >= 4 is 5.78 Å². The van der Waals surface area contributed by atoms with Gasteiger partial charge in [-0.05, 0) is 341 Å². The minimum absolute atomic E-state index is 0.0108. The Bertz CT molecular complexity index is 4040. The highest BCUT2D eigenvalue weighted by Crippen LogP contribution is 2.69. The number of aliphatic hydroxyl groups is 2. The second-order valence-electron chi connectivity index (χ2n) is 44.8. The zero-order chi connectivity index (χ0) is 78.7. The van der Waals surface area contributed by atoms with E-state index in [0.717, 1.165) is 97.9 Å².